The normalized spacial score (nSPS) is 12.5. The van der Waals surface area contributed by atoms with Crippen molar-refractivity contribution in [2.75, 3.05) is 7.11 Å². The molecule has 5 nitrogen and oxygen atoms in total. The lowest BCUT2D eigenvalue weighted by Crippen LogP contribution is -2.31. The third-order valence-electron chi connectivity index (χ3n) is 3.23. The molecule has 0 saturated carbocycles. The summed E-state index contributed by atoms with van der Waals surface area (Å²) in [5.74, 6) is -1.89. The number of nitrogens with zero attached hydrogens (tertiary/aromatic N) is 2. The Hall–Kier alpha value is -1.70. The maximum atomic E-state index is 12.9. The Morgan fingerprint density at radius 3 is 2.25 bits per heavy atom. The van der Waals surface area contributed by atoms with Gasteiger partial charge in [0.15, 0.2) is 11.5 Å². The van der Waals surface area contributed by atoms with Gasteiger partial charge in [0.1, 0.15) is 11.2 Å². The average Bonchev–Trinajstić information content (AvgIpc) is 2.40. The Bertz CT molecular complexity index is 491. The van der Waals surface area contributed by atoms with Gasteiger partial charge in [0, 0.05) is 13.3 Å². The van der Waals surface area contributed by atoms with Gasteiger partial charge < -0.3 is 9.84 Å². The number of carboxylic acid groups (broad SMARTS) is 1. The van der Waals surface area contributed by atoms with Crippen LogP contribution in [0.2, 0.25) is 0 Å². The van der Waals surface area contributed by atoms with Crippen LogP contribution in [0.4, 0.5) is 13.2 Å². The lowest BCUT2D eigenvalue weighted by molar-refractivity contribution is -0.142. The Kier molecular flexibility index (Phi) is 4.69. The highest BCUT2D eigenvalue weighted by Gasteiger charge is 2.41. The van der Waals surface area contributed by atoms with Crippen molar-refractivity contribution >= 4 is 5.97 Å². The highest BCUT2D eigenvalue weighted by molar-refractivity contribution is 5.88. The standard InChI is InChI=1S/C12H15F3N2O3/c1-4-11(5-2,20-3)10-16-6-7(9(18)19)8(17-10)12(13,14)15/h6H,4-5H2,1-3H3,(H,18,19). The number of hydrogen-bond acceptors (Lipinski definition) is 4. The van der Waals surface area contributed by atoms with E-state index in [0.717, 1.165) is 0 Å². The van der Waals surface area contributed by atoms with Crippen molar-refractivity contribution < 1.29 is 27.8 Å². The van der Waals surface area contributed by atoms with Crippen molar-refractivity contribution in [2.24, 2.45) is 0 Å². The van der Waals surface area contributed by atoms with E-state index < -0.39 is 29.0 Å². The van der Waals surface area contributed by atoms with Gasteiger partial charge in [0.2, 0.25) is 0 Å². The summed E-state index contributed by atoms with van der Waals surface area (Å²) < 4.78 is 43.9. The maximum absolute atomic E-state index is 12.9. The monoisotopic (exact) mass is 292 g/mol. The van der Waals surface area contributed by atoms with E-state index in [-0.39, 0.29) is 5.82 Å². The lowest BCUT2D eigenvalue weighted by Gasteiger charge is -2.28. The molecule has 0 aliphatic rings. The van der Waals surface area contributed by atoms with Crippen LogP contribution < -0.4 is 0 Å². The molecule has 112 valence electrons. The first kappa shape index (κ1) is 16.4. The Morgan fingerprint density at radius 2 is 1.90 bits per heavy atom. The number of ether oxygens (including phenoxy) is 1. The lowest BCUT2D eigenvalue weighted by atomic mass is 9.95. The van der Waals surface area contributed by atoms with Crippen LogP contribution in [0.3, 0.4) is 0 Å². The molecule has 1 aromatic rings. The molecule has 0 atom stereocenters. The molecule has 1 aromatic heterocycles. The third kappa shape index (κ3) is 2.90. The van der Waals surface area contributed by atoms with E-state index in [9.17, 15) is 18.0 Å². The second-order valence-electron chi connectivity index (χ2n) is 4.16. The van der Waals surface area contributed by atoms with Gasteiger partial charge in [0.25, 0.3) is 0 Å². The van der Waals surface area contributed by atoms with Crippen LogP contribution in [0.1, 0.15) is 48.6 Å². The van der Waals surface area contributed by atoms with Crippen LogP contribution in [0, 0.1) is 0 Å². The zero-order valence-corrected chi connectivity index (χ0v) is 11.3. The molecule has 0 aliphatic heterocycles. The number of aromatic carboxylic acids is 1. The third-order valence-corrected chi connectivity index (χ3v) is 3.23. The molecule has 0 bridgehead atoms. The maximum Gasteiger partial charge on any atom is 0.434 e. The van der Waals surface area contributed by atoms with Gasteiger partial charge in [-0.05, 0) is 12.8 Å². The fraction of sp³-hybridized carbons (Fsp3) is 0.583. The van der Waals surface area contributed by atoms with Gasteiger partial charge in [-0.1, -0.05) is 13.8 Å². The minimum Gasteiger partial charge on any atom is -0.478 e. The van der Waals surface area contributed by atoms with E-state index in [1.54, 1.807) is 13.8 Å². The molecule has 0 radical (unpaired) electrons. The molecule has 0 aromatic carbocycles. The number of hydrogen-bond donors (Lipinski definition) is 1. The summed E-state index contributed by atoms with van der Waals surface area (Å²) in [7, 11) is 1.36. The fourth-order valence-electron chi connectivity index (χ4n) is 1.92. The van der Waals surface area contributed by atoms with Gasteiger partial charge in [-0.25, -0.2) is 14.8 Å². The molecule has 8 heteroatoms. The van der Waals surface area contributed by atoms with E-state index in [1.165, 1.54) is 7.11 Å². The minimum atomic E-state index is -4.87. The first-order chi connectivity index (χ1) is 9.21. The molecular formula is C12H15F3N2O3. The summed E-state index contributed by atoms with van der Waals surface area (Å²) in [6.07, 6.45) is -3.47. The summed E-state index contributed by atoms with van der Waals surface area (Å²) in [5.41, 5.74) is -3.49. The van der Waals surface area contributed by atoms with Crippen molar-refractivity contribution in [1.82, 2.24) is 9.97 Å². The van der Waals surface area contributed by atoms with Crippen molar-refractivity contribution in [2.45, 2.75) is 38.5 Å². The van der Waals surface area contributed by atoms with Crippen molar-refractivity contribution in [3.05, 3.63) is 23.3 Å². The summed E-state index contributed by atoms with van der Waals surface area (Å²) in [6, 6.07) is 0. The van der Waals surface area contributed by atoms with Crippen molar-refractivity contribution in [3.8, 4) is 0 Å². The minimum absolute atomic E-state index is 0.165. The van der Waals surface area contributed by atoms with E-state index in [4.69, 9.17) is 9.84 Å². The summed E-state index contributed by atoms with van der Waals surface area (Å²) in [6.45, 7) is 3.46. The molecule has 0 spiro atoms. The summed E-state index contributed by atoms with van der Waals surface area (Å²) in [5, 5.41) is 8.78. The number of alkyl halides is 3. The molecular weight excluding hydrogens is 277 g/mol. The number of carbonyl (C=O) groups is 1. The van der Waals surface area contributed by atoms with Crippen LogP contribution in [0.25, 0.3) is 0 Å². The van der Waals surface area contributed by atoms with Gasteiger partial charge in [-0.2, -0.15) is 13.2 Å². The molecule has 0 fully saturated rings. The average molecular weight is 292 g/mol. The number of aromatic nitrogens is 2. The highest BCUT2D eigenvalue weighted by atomic mass is 19.4. The quantitative estimate of drug-likeness (QED) is 0.903. The van der Waals surface area contributed by atoms with E-state index in [1.807, 2.05) is 0 Å². The van der Waals surface area contributed by atoms with Crippen LogP contribution in [0.5, 0.6) is 0 Å². The number of halogens is 3. The predicted molar refractivity (Wildman–Crippen MR) is 63.3 cm³/mol. The number of carboxylic acids is 1. The highest BCUT2D eigenvalue weighted by Crippen LogP contribution is 2.34. The largest absolute Gasteiger partial charge is 0.478 e. The molecule has 1 heterocycles. The number of rotatable bonds is 5. The topological polar surface area (TPSA) is 72.3 Å². The second kappa shape index (κ2) is 5.74. The first-order valence-electron chi connectivity index (χ1n) is 5.95. The van der Waals surface area contributed by atoms with E-state index in [2.05, 4.69) is 9.97 Å². The summed E-state index contributed by atoms with van der Waals surface area (Å²) >= 11 is 0. The molecule has 0 aliphatic carbocycles. The molecule has 0 saturated heterocycles. The van der Waals surface area contributed by atoms with Gasteiger partial charge >= 0.3 is 12.1 Å². The molecule has 0 amide bonds. The fourth-order valence-corrected chi connectivity index (χ4v) is 1.92. The number of methoxy groups -OCH3 is 1. The molecule has 1 N–H and O–H groups in total. The molecule has 1 rings (SSSR count). The first-order valence-corrected chi connectivity index (χ1v) is 5.95. The van der Waals surface area contributed by atoms with E-state index >= 15 is 0 Å². The van der Waals surface area contributed by atoms with Crippen LogP contribution in [0.15, 0.2) is 6.20 Å². The molecule has 0 unspecified atom stereocenters. The SMILES string of the molecule is CCC(CC)(OC)c1ncc(C(=O)O)c(C(F)(F)F)n1. The Labute approximate surface area is 113 Å². The summed E-state index contributed by atoms with van der Waals surface area (Å²) in [4.78, 5) is 18.0. The van der Waals surface area contributed by atoms with Crippen LogP contribution in [-0.4, -0.2) is 28.2 Å². The molecule has 20 heavy (non-hydrogen) atoms. The smallest absolute Gasteiger partial charge is 0.434 e. The van der Waals surface area contributed by atoms with Crippen LogP contribution >= 0.6 is 0 Å². The van der Waals surface area contributed by atoms with Crippen molar-refractivity contribution in [1.29, 1.82) is 0 Å². The van der Waals surface area contributed by atoms with Crippen LogP contribution in [-0.2, 0) is 16.5 Å². The Balaban J connectivity index is 3.51. The van der Waals surface area contributed by atoms with E-state index in [0.29, 0.717) is 19.0 Å². The zero-order valence-electron chi connectivity index (χ0n) is 11.3. The van der Waals surface area contributed by atoms with Gasteiger partial charge in [0.05, 0.1) is 0 Å². The second-order valence-corrected chi connectivity index (χ2v) is 4.16. The zero-order chi connectivity index (χ0) is 15.6. The van der Waals surface area contributed by atoms with Crippen molar-refractivity contribution in [3.63, 3.8) is 0 Å². The van der Waals surface area contributed by atoms with Gasteiger partial charge in [-0.15, -0.1) is 0 Å². The Morgan fingerprint density at radius 1 is 1.35 bits per heavy atom. The predicted octanol–water partition coefficient (Wildman–Crippen LogP) is 2.86. The van der Waals surface area contributed by atoms with Gasteiger partial charge in [-0.3, -0.25) is 0 Å².